The summed E-state index contributed by atoms with van der Waals surface area (Å²) in [5.74, 6) is -0.743. The van der Waals surface area contributed by atoms with Gasteiger partial charge in [0.1, 0.15) is 12.6 Å². The first-order valence-corrected chi connectivity index (χ1v) is 15.5. The van der Waals surface area contributed by atoms with Crippen molar-refractivity contribution >= 4 is 43.5 Å². The van der Waals surface area contributed by atoms with Crippen molar-refractivity contribution < 1.29 is 18.0 Å². The van der Waals surface area contributed by atoms with Crippen LogP contribution in [0.25, 0.3) is 0 Å². The highest BCUT2D eigenvalue weighted by Crippen LogP contribution is 2.24. The minimum absolute atomic E-state index is 0.0830. The number of carbonyl (C=O) groups excluding carboxylic acids is 2. The minimum atomic E-state index is -3.81. The molecule has 0 aliphatic rings. The van der Waals surface area contributed by atoms with Crippen molar-refractivity contribution in [3.63, 3.8) is 0 Å². The van der Waals surface area contributed by atoms with E-state index in [1.54, 1.807) is 24.3 Å². The van der Waals surface area contributed by atoms with E-state index in [-0.39, 0.29) is 24.9 Å². The molecular formula is C30H36BrN3O4S. The normalized spacial score (nSPS) is 12.8. The number of hydrogen-bond acceptors (Lipinski definition) is 4. The molecule has 0 heterocycles. The molecule has 3 aromatic carbocycles. The Morgan fingerprint density at radius 3 is 2.26 bits per heavy atom. The maximum Gasteiger partial charge on any atom is 0.244 e. The fourth-order valence-electron chi connectivity index (χ4n) is 4.21. The van der Waals surface area contributed by atoms with Crippen LogP contribution >= 0.6 is 15.9 Å². The van der Waals surface area contributed by atoms with Gasteiger partial charge in [-0.05, 0) is 55.2 Å². The molecule has 3 aromatic rings. The Morgan fingerprint density at radius 1 is 0.974 bits per heavy atom. The van der Waals surface area contributed by atoms with E-state index in [1.165, 1.54) is 4.90 Å². The summed E-state index contributed by atoms with van der Waals surface area (Å²) in [6, 6.07) is 23.1. The van der Waals surface area contributed by atoms with Gasteiger partial charge in [0.25, 0.3) is 0 Å². The van der Waals surface area contributed by atoms with Crippen molar-refractivity contribution in [1.82, 2.24) is 10.2 Å². The van der Waals surface area contributed by atoms with E-state index in [0.29, 0.717) is 10.2 Å². The van der Waals surface area contributed by atoms with Gasteiger partial charge < -0.3 is 10.2 Å². The fraction of sp³-hybridized carbons (Fsp3) is 0.333. The van der Waals surface area contributed by atoms with Gasteiger partial charge in [-0.1, -0.05) is 83.5 Å². The molecule has 0 aliphatic heterocycles. The second kappa shape index (κ2) is 13.8. The molecule has 2 atom stereocenters. The number of rotatable bonds is 12. The third-order valence-electron chi connectivity index (χ3n) is 6.65. The summed E-state index contributed by atoms with van der Waals surface area (Å²) in [5.41, 5.74) is 3.12. The maximum absolute atomic E-state index is 14.1. The van der Waals surface area contributed by atoms with Crippen molar-refractivity contribution in [1.29, 1.82) is 0 Å². The van der Waals surface area contributed by atoms with Crippen LogP contribution in [0.15, 0.2) is 83.3 Å². The molecule has 0 unspecified atom stereocenters. The number of aryl methyl sites for hydroxylation is 1. The number of amides is 2. The molecule has 3 rings (SSSR count). The van der Waals surface area contributed by atoms with Gasteiger partial charge in [0.05, 0.1) is 11.9 Å². The Kier molecular flexibility index (Phi) is 10.7. The van der Waals surface area contributed by atoms with E-state index < -0.39 is 28.5 Å². The standard InChI is InChI=1S/C30H36BrN3O4S/c1-5-23(3)32-30(36)28(18-24-13-7-6-8-14-24)33(20-25-15-10-9-12-22(25)2)29(35)21-34(39(4,37)38)27-17-11-16-26(31)19-27/h6-17,19,23,28H,5,18,20-21H2,1-4H3,(H,32,36)/t23-,28-/m1/s1. The van der Waals surface area contributed by atoms with Crippen molar-refractivity contribution in [3.05, 3.63) is 100 Å². The zero-order chi connectivity index (χ0) is 28.6. The van der Waals surface area contributed by atoms with Crippen LogP contribution in [0, 0.1) is 6.92 Å². The van der Waals surface area contributed by atoms with Gasteiger partial charge >= 0.3 is 0 Å². The number of carbonyl (C=O) groups is 2. The molecule has 9 heteroatoms. The van der Waals surface area contributed by atoms with E-state index in [0.717, 1.165) is 33.7 Å². The fourth-order valence-corrected chi connectivity index (χ4v) is 5.44. The summed E-state index contributed by atoms with van der Waals surface area (Å²) in [4.78, 5) is 29.3. The molecule has 0 saturated heterocycles. The monoisotopic (exact) mass is 613 g/mol. The predicted molar refractivity (Wildman–Crippen MR) is 160 cm³/mol. The second-order valence-electron chi connectivity index (χ2n) is 9.72. The molecule has 0 saturated carbocycles. The van der Waals surface area contributed by atoms with Crippen LogP contribution in [0.3, 0.4) is 0 Å². The summed E-state index contributed by atoms with van der Waals surface area (Å²) >= 11 is 3.38. The molecule has 208 valence electrons. The SMILES string of the molecule is CC[C@@H](C)NC(=O)[C@@H](Cc1ccccc1)N(Cc1ccccc1C)C(=O)CN(c1cccc(Br)c1)S(C)(=O)=O. The van der Waals surface area contributed by atoms with Gasteiger partial charge in [-0.2, -0.15) is 0 Å². The topological polar surface area (TPSA) is 86.8 Å². The van der Waals surface area contributed by atoms with Crippen LogP contribution in [-0.4, -0.2) is 50.0 Å². The Hall–Kier alpha value is -3.17. The minimum Gasteiger partial charge on any atom is -0.352 e. The van der Waals surface area contributed by atoms with Crippen LogP contribution in [-0.2, 0) is 32.6 Å². The molecule has 2 amide bonds. The highest BCUT2D eigenvalue weighted by Gasteiger charge is 2.33. The summed E-state index contributed by atoms with van der Waals surface area (Å²) in [6.07, 6.45) is 2.10. The molecular weight excluding hydrogens is 578 g/mol. The van der Waals surface area contributed by atoms with Crippen LogP contribution in [0.5, 0.6) is 0 Å². The zero-order valence-electron chi connectivity index (χ0n) is 22.8. The third-order valence-corrected chi connectivity index (χ3v) is 8.28. The molecule has 0 aromatic heterocycles. The lowest BCUT2D eigenvalue weighted by molar-refractivity contribution is -0.140. The molecule has 7 nitrogen and oxygen atoms in total. The summed E-state index contributed by atoms with van der Waals surface area (Å²) in [6.45, 7) is 5.57. The zero-order valence-corrected chi connectivity index (χ0v) is 25.2. The Morgan fingerprint density at radius 2 is 1.64 bits per heavy atom. The van der Waals surface area contributed by atoms with Crippen molar-refractivity contribution in [2.24, 2.45) is 0 Å². The number of halogens is 1. The van der Waals surface area contributed by atoms with E-state index in [1.807, 2.05) is 75.4 Å². The maximum atomic E-state index is 14.1. The van der Waals surface area contributed by atoms with Crippen LogP contribution in [0.1, 0.15) is 37.0 Å². The molecule has 0 spiro atoms. The van der Waals surface area contributed by atoms with E-state index in [4.69, 9.17) is 0 Å². The molecule has 39 heavy (non-hydrogen) atoms. The van der Waals surface area contributed by atoms with E-state index >= 15 is 0 Å². The molecule has 0 aliphatic carbocycles. The van der Waals surface area contributed by atoms with Gasteiger partial charge in [0, 0.05) is 23.5 Å². The Labute approximate surface area is 240 Å². The van der Waals surface area contributed by atoms with Crippen molar-refractivity contribution in [3.8, 4) is 0 Å². The number of sulfonamides is 1. The van der Waals surface area contributed by atoms with Gasteiger partial charge in [0.15, 0.2) is 0 Å². The highest BCUT2D eigenvalue weighted by molar-refractivity contribution is 9.10. The summed E-state index contributed by atoms with van der Waals surface area (Å²) in [7, 11) is -3.81. The van der Waals surface area contributed by atoms with Crippen LogP contribution in [0.2, 0.25) is 0 Å². The summed E-state index contributed by atoms with van der Waals surface area (Å²) < 4.78 is 27.5. The van der Waals surface area contributed by atoms with Crippen molar-refractivity contribution in [2.75, 3.05) is 17.1 Å². The predicted octanol–water partition coefficient (Wildman–Crippen LogP) is 5.08. The van der Waals surface area contributed by atoms with Gasteiger partial charge in [-0.15, -0.1) is 0 Å². The number of benzene rings is 3. The smallest absolute Gasteiger partial charge is 0.244 e. The number of nitrogens with zero attached hydrogens (tertiary/aromatic N) is 2. The van der Waals surface area contributed by atoms with Crippen LogP contribution in [0.4, 0.5) is 5.69 Å². The molecule has 0 radical (unpaired) electrons. The first-order valence-electron chi connectivity index (χ1n) is 12.9. The first-order chi connectivity index (χ1) is 18.5. The molecule has 0 bridgehead atoms. The average Bonchev–Trinajstić information content (AvgIpc) is 2.89. The van der Waals surface area contributed by atoms with E-state index in [9.17, 15) is 18.0 Å². The number of hydrogen-bond donors (Lipinski definition) is 1. The largest absolute Gasteiger partial charge is 0.352 e. The lowest BCUT2D eigenvalue weighted by Crippen LogP contribution is -2.54. The van der Waals surface area contributed by atoms with Gasteiger partial charge in [0.2, 0.25) is 21.8 Å². The quantitative estimate of drug-likeness (QED) is 0.309. The molecule has 1 N–H and O–H groups in total. The highest BCUT2D eigenvalue weighted by atomic mass is 79.9. The van der Waals surface area contributed by atoms with Gasteiger partial charge in [-0.3, -0.25) is 13.9 Å². The van der Waals surface area contributed by atoms with Crippen LogP contribution < -0.4 is 9.62 Å². The first kappa shape index (κ1) is 30.4. The number of nitrogens with one attached hydrogen (secondary N) is 1. The van der Waals surface area contributed by atoms with Gasteiger partial charge in [-0.25, -0.2) is 8.42 Å². The lowest BCUT2D eigenvalue weighted by Gasteiger charge is -2.34. The lowest BCUT2D eigenvalue weighted by atomic mass is 10.0. The number of anilines is 1. The summed E-state index contributed by atoms with van der Waals surface area (Å²) in [5, 5.41) is 3.04. The van der Waals surface area contributed by atoms with E-state index in [2.05, 4.69) is 21.2 Å². The Bertz CT molecular complexity index is 1380. The third kappa shape index (κ3) is 8.66. The Balaban J connectivity index is 2.07. The average molecular weight is 615 g/mol. The second-order valence-corrected chi connectivity index (χ2v) is 12.5. The van der Waals surface area contributed by atoms with Crippen molar-refractivity contribution in [2.45, 2.75) is 52.2 Å². The molecule has 0 fully saturated rings.